The minimum atomic E-state index is -0.816. The van der Waals surface area contributed by atoms with Crippen LogP contribution in [0.3, 0.4) is 0 Å². The van der Waals surface area contributed by atoms with E-state index in [-0.39, 0.29) is 0 Å². The average Bonchev–Trinajstić information content (AvgIpc) is 2.46. The van der Waals surface area contributed by atoms with Crippen LogP contribution in [0, 0.1) is 5.92 Å². The summed E-state index contributed by atoms with van der Waals surface area (Å²) in [6, 6.07) is 0. The topological polar surface area (TPSA) is 64.5 Å². The van der Waals surface area contributed by atoms with Crippen molar-refractivity contribution in [3.63, 3.8) is 0 Å². The summed E-state index contributed by atoms with van der Waals surface area (Å²) in [6.07, 6.45) is 6.18. The van der Waals surface area contributed by atoms with Crippen LogP contribution in [-0.2, 0) is 4.74 Å². The van der Waals surface area contributed by atoms with Crippen molar-refractivity contribution in [2.45, 2.75) is 44.3 Å². The molecule has 2 rings (SSSR count). The predicted molar refractivity (Wildman–Crippen MR) is 70.9 cm³/mol. The summed E-state index contributed by atoms with van der Waals surface area (Å²) in [5, 5.41) is 10.7. The molecule has 0 spiro atoms. The van der Waals surface area contributed by atoms with Gasteiger partial charge in [-0.3, -0.25) is 4.98 Å². The highest BCUT2D eigenvalue weighted by molar-refractivity contribution is 5.23. The van der Waals surface area contributed by atoms with Crippen molar-refractivity contribution in [3.05, 3.63) is 18.1 Å². The van der Waals surface area contributed by atoms with E-state index in [9.17, 15) is 5.11 Å². The Morgan fingerprint density at radius 2 is 2.11 bits per heavy atom. The third-order valence-corrected chi connectivity index (χ3v) is 4.04. The zero-order chi connectivity index (χ0) is 13.9. The van der Waals surface area contributed by atoms with Crippen molar-refractivity contribution in [1.29, 1.82) is 0 Å². The number of ether oxygens (including phenoxy) is 2. The van der Waals surface area contributed by atoms with Gasteiger partial charge in [0, 0.05) is 19.5 Å². The van der Waals surface area contributed by atoms with E-state index < -0.39 is 11.7 Å². The normalized spacial score (nSPS) is 28.9. The first-order chi connectivity index (χ1) is 9.13. The molecule has 3 unspecified atom stereocenters. The maximum absolute atomic E-state index is 10.7. The van der Waals surface area contributed by atoms with E-state index in [1.165, 1.54) is 13.5 Å². The number of methoxy groups -OCH3 is 2. The molecule has 0 bridgehead atoms. The molecule has 1 aliphatic rings. The Bertz CT molecular complexity index is 427. The van der Waals surface area contributed by atoms with E-state index in [0.717, 1.165) is 19.3 Å². The van der Waals surface area contributed by atoms with Gasteiger partial charge >= 0.3 is 0 Å². The molecule has 1 N–H and O–H groups in total. The Morgan fingerprint density at radius 1 is 1.37 bits per heavy atom. The Kier molecular flexibility index (Phi) is 4.37. The first kappa shape index (κ1) is 14.2. The molecular formula is C14H22N2O3. The summed E-state index contributed by atoms with van der Waals surface area (Å²) >= 11 is 0. The van der Waals surface area contributed by atoms with Gasteiger partial charge in [-0.25, -0.2) is 4.98 Å². The summed E-state index contributed by atoms with van der Waals surface area (Å²) < 4.78 is 10.9. The molecule has 1 saturated carbocycles. The van der Waals surface area contributed by atoms with E-state index in [0.29, 0.717) is 17.5 Å². The molecule has 1 heterocycles. The van der Waals surface area contributed by atoms with Crippen LogP contribution in [0.25, 0.3) is 0 Å². The highest BCUT2D eigenvalue weighted by Gasteiger charge is 2.44. The quantitative estimate of drug-likeness (QED) is 0.904. The molecular weight excluding hydrogens is 244 g/mol. The van der Waals surface area contributed by atoms with E-state index in [2.05, 4.69) is 16.9 Å². The molecule has 106 valence electrons. The molecule has 0 radical (unpaired) electrons. The number of aliphatic hydroxyl groups is 1. The van der Waals surface area contributed by atoms with Gasteiger partial charge in [0.1, 0.15) is 11.8 Å². The van der Waals surface area contributed by atoms with Crippen molar-refractivity contribution in [2.24, 2.45) is 5.92 Å². The lowest BCUT2D eigenvalue weighted by Crippen LogP contribution is -2.43. The van der Waals surface area contributed by atoms with Crippen LogP contribution in [0.4, 0.5) is 0 Å². The van der Waals surface area contributed by atoms with E-state index in [4.69, 9.17) is 9.47 Å². The fraction of sp³-hybridized carbons (Fsp3) is 0.714. The van der Waals surface area contributed by atoms with Gasteiger partial charge in [0.15, 0.2) is 0 Å². The van der Waals surface area contributed by atoms with Gasteiger partial charge in [0.2, 0.25) is 5.88 Å². The molecule has 5 heteroatoms. The lowest BCUT2D eigenvalue weighted by molar-refractivity contribution is -0.136. The molecule has 0 saturated heterocycles. The van der Waals surface area contributed by atoms with Crippen LogP contribution in [0.5, 0.6) is 5.88 Å². The predicted octanol–water partition coefficient (Wildman–Crippen LogP) is 2.11. The third kappa shape index (κ3) is 2.72. The Labute approximate surface area is 114 Å². The first-order valence-electron chi connectivity index (χ1n) is 6.71. The summed E-state index contributed by atoms with van der Waals surface area (Å²) in [5.74, 6) is 0.899. The summed E-state index contributed by atoms with van der Waals surface area (Å²) in [7, 11) is 3.19. The number of nitrogens with zero attached hydrogens (tertiary/aromatic N) is 2. The molecule has 0 amide bonds. The third-order valence-electron chi connectivity index (χ3n) is 4.04. The van der Waals surface area contributed by atoms with Gasteiger partial charge in [0.05, 0.1) is 12.7 Å². The molecule has 1 aromatic rings. The summed E-state index contributed by atoms with van der Waals surface area (Å²) in [6.45, 7) is 2.19. The SMILES string of the molecule is COc1nccnc1C(O)C1(OC)CCCC(C)C1. The number of hydrogen-bond donors (Lipinski definition) is 1. The fourth-order valence-corrected chi connectivity index (χ4v) is 3.02. The van der Waals surface area contributed by atoms with Crippen LogP contribution in [0.1, 0.15) is 44.4 Å². The van der Waals surface area contributed by atoms with E-state index in [1.807, 2.05) is 0 Å². The standard InChI is InChI=1S/C14H22N2O3/c1-10-5-4-6-14(9-10,19-3)12(17)11-13(18-2)16-8-7-15-11/h7-8,10,12,17H,4-6,9H2,1-3H3. The Balaban J connectivity index is 2.32. The zero-order valence-corrected chi connectivity index (χ0v) is 11.8. The molecule has 1 aliphatic carbocycles. The fourth-order valence-electron chi connectivity index (χ4n) is 3.02. The maximum atomic E-state index is 10.7. The van der Waals surface area contributed by atoms with Crippen molar-refractivity contribution in [3.8, 4) is 5.88 Å². The van der Waals surface area contributed by atoms with E-state index >= 15 is 0 Å². The maximum Gasteiger partial charge on any atom is 0.238 e. The molecule has 3 atom stereocenters. The van der Waals surface area contributed by atoms with Gasteiger partial charge in [0.25, 0.3) is 0 Å². The van der Waals surface area contributed by atoms with Crippen LogP contribution in [-0.4, -0.2) is 34.9 Å². The second-order valence-electron chi connectivity index (χ2n) is 5.32. The molecule has 1 fully saturated rings. The van der Waals surface area contributed by atoms with Crippen molar-refractivity contribution in [2.75, 3.05) is 14.2 Å². The van der Waals surface area contributed by atoms with Crippen molar-refractivity contribution < 1.29 is 14.6 Å². The largest absolute Gasteiger partial charge is 0.480 e. The molecule has 1 aromatic heterocycles. The number of rotatable bonds is 4. The lowest BCUT2D eigenvalue weighted by Gasteiger charge is -2.42. The van der Waals surface area contributed by atoms with Crippen LogP contribution in [0.2, 0.25) is 0 Å². The highest BCUT2D eigenvalue weighted by Crippen LogP contribution is 2.44. The van der Waals surface area contributed by atoms with Gasteiger partial charge < -0.3 is 14.6 Å². The molecule has 19 heavy (non-hydrogen) atoms. The Hall–Kier alpha value is -1.20. The Morgan fingerprint density at radius 3 is 2.74 bits per heavy atom. The number of aliphatic hydroxyl groups excluding tert-OH is 1. The smallest absolute Gasteiger partial charge is 0.238 e. The summed E-state index contributed by atoms with van der Waals surface area (Å²) in [5.41, 5.74) is -0.123. The van der Waals surface area contributed by atoms with E-state index in [1.54, 1.807) is 19.5 Å². The van der Waals surface area contributed by atoms with Gasteiger partial charge in [-0.15, -0.1) is 0 Å². The average molecular weight is 266 g/mol. The van der Waals surface area contributed by atoms with Gasteiger partial charge in [-0.05, 0) is 18.8 Å². The van der Waals surface area contributed by atoms with Crippen LogP contribution >= 0.6 is 0 Å². The number of hydrogen-bond acceptors (Lipinski definition) is 5. The van der Waals surface area contributed by atoms with Crippen molar-refractivity contribution in [1.82, 2.24) is 9.97 Å². The van der Waals surface area contributed by atoms with Gasteiger partial charge in [-0.1, -0.05) is 19.8 Å². The molecule has 0 aliphatic heterocycles. The minimum Gasteiger partial charge on any atom is -0.480 e. The summed E-state index contributed by atoms with van der Waals surface area (Å²) in [4.78, 5) is 8.32. The van der Waals surface area contributed by atoms with Gasteiger partial charge in [-0.2, -0.15) is 0 Å². The van der Waals surface area contributed by atoms with Crippen LogP contribution < -0.4 is 4.74 Å². The lowest BCUT2D eigenvalue weighted by atomic mass is 9.75. The molecule has 0 aromatic carbocycles. The zero-order valence-electron chi connectivity index (χ0n) is 11.8. The highest BCUT2D eigenvalue weighted by atomic mass is 16.5. The molecule has 5 nitrogen and oxygen atoms in total. The van der Waals surface area contributed by atoms with Crippen LogP contribution in [0.15, 0.2) is 12.4 Å². The first-order valence-corrected chi connectivity index (χ1v) is 6.71. The monoisotopic (exact) mass is 266 g/mol. The van der Waals surface area contributed by atoms with Crippen molar-refractivity contribution >= 4 is 0 Å². The second kappa shape index (κ2) is 5.84. The minimum absolute atomic E-state index is 0.365. The second-order valence-corrected chi connectivity index (χ2v) is 5.32. The number of aromatic nitrogens is 2.